The minimum atomic E-state index is -4.43. The molecular formula is C23H21F3N2O5S. The first-order valence-electron chi connectivity index (χ1n) is 9.94. The number of carbonyl (C=O) groups is 1. The standard InChI is InChI=1S/C23H21F3N2O5S/c1-15-3-13-21(14-4-15)34(30,31)28-27-22(29)16(2)32-18-9-11-20(12-10-18)33-19-7-5-17(6-8-19)23(24,25)26/h3-14,16,28H,1-2H3,(H,27,29). The largest absolute Gasteiger partial charge is 0.481 e. The summed E-state index contributed by atoms with van der Waals surface area (Å²) >= 11 is 0. The molecule has 2 N–H and O–H groups in total. The zero-order valence-corrected chi connectivity index (χ0v) is 18.9. The summed E-state index contributed by atoms with van der Waals surface area (Å²) in [5.74, 6) is 0.134. The van der Waals surface area contributed by atoms with Gasteiger partial charge in [0.15, 0.2) is 6.10 Å². The van der Waals surface area contributed by atoms with Gasteiger partial charge in [0.2, 0.25) is 0 Å². The maximum absolute atomic E-state index is 12.6. The summed E-state index contributed by atoms with van der Waals surface area (Å²) in [6, 6.07) is 16.4. The number of halogens is 3. The number of aryl methyl sites for hydroxylation is 1. The molecule has 1 amide bonds. The summed E-state index contributed by atoms with van der Waals surface area (Å²) in [5, 5.41) is 0. The van der Waals surface area contributed by atoms with Gasteiger partial charge in [-0.1, -0.05) is 17.7 Å². The van der Waals surface area contributed by atoms with Crippen molar-refractivity contribution in [2.45, 2.75) is 31.0 Å². The van der Waals surface area contributed by atoms with Crippen molar-refractivity contribution in [3.8, 4) is 17.2 Å². The second-order valence-corrected chi connectivity index (χ2v) is 8.95. The Morgan fingerprint density at radius 2 is 1.35 bits per heavy atom. The minimum absolute atomic E-state index is 0.00407. The number of ether oxygens (including phenoxy) is 2. The van der Waals surface area contributed by atoms with Crippen LogP contribution < -0.4 is 19.7 Å². The second-order valence-electron chi connectivity index (χ2n) is 7.26. The van der Waals surface area contributed by atoms with Gasteiger partial charge in [-0.05, 0) is 74.5 Å². The van der Waals surface area contributed by atoms with Gasteiger partial charge in [0.1, 0.15) is 17.2 Å². The third-order valence-electron chi connectivity index (χ3n) is 4.56. The molecule has 0 saturated carbocycles. The molecule has 180 valence electrons. The van der Waals surface area contributed by atoms with Crippen LogP contribution in [0, 0.1) is 6.92 Å². The summed E-state index contributed by atoms with van der Waals surface area (Å²) in [7, 11) is -3.94. The summed E-state index contributed by atoms with van der Waals surface area (Å²) in [6.45, 7) is 3.25. The van der Waals surface area contributed by atoms with E-state index in [-0.39, 0.29) is 10.6 Å². The minimum Gasteiger partial charge on any atom is -0.481 e. The third-order valence-corrected chi connectivity index (χ3v) is 5.83. The number of hydrazine groups is 1. The summed E-state index contributed by atoms with van der Waals surface area (Å²) in [4.78, 5) is 14.2. The number of nitrogens with one attached hydrogen (secondary N) is 2. The van der Waals surface area contributed by atoms with Gasteiger partial charge in [-0.2, -0.15) is 13.2 Å². The summed E-state index contributed by atoms with van der Waals surface area (Å²) in [5.41, 5.74) is 2.22. The highest BCUT2D eigenvalue weighted by Crippen LogP contribution is 2.31. The van der Waals surface area contributed by atoms with Crippen molar-refractivity contribution >= 4 is 15.9 Å². The third kappa shape index (κ3) is 6.72. The molecule has 0 aliphatic carbocycles. The number of benzene rings is 3. The van der Waals surface area contributed by atoms with Crippen LogP contribution in [0.25, 0.3) is 0 Å². The molecule has 0 saturated heterocycles. The Hall–Kier alpha value is -3.57. The molecule has 0 aliphatic rings. The molecule has 3 rings (SSSR count). The number of alkyl halides is 3. The fourth-order valence-corrected chi connectivity index (χ4v) is 3.53. The Morgan fingerprint density at radius 1 is 0.853 bits per heavy atom. The van der Waals surface area contributed by atoms with E-state index in [2.05, 4.69) is 5.43 Å². The number of hydrogen-bond donors (Lipinski definition) is 2. The Labute approximate surface area is 194 Å². The topological polar surface area (TPSA) is 93.7 Å². The lowest BCUT2D eigenvalue weighted by molar-refractivity contribution is -0.137. The molecule has 0 aliphatic heterocycles. The first-order chi connectivity index (χ1) is 15.9. The number of hydrogen-bond acceptors (Lipinski definition) is 5. The maximum Gasteiger partial charge on any atom is 0.416 e. The van der Waals surface area contributed by atoms with E-state index in [0.717, 1.165) is 17.7 Å². The Kier molecular flexibility index (Phi) is 7.48. The van der Waals surface area contributed by atoms with Gasteiger partial charge >= 0.3 is 6.18 Å². The molecule has 7 nitrogen and oxygen atoms in total. The normalized spacial score (nSPS) is 12.6. The number of rotatable bonds is 8. The molecule has 11 heteroatoms. The zero-order valence-electron chi connectivity index (χ0n) is 18.1. The Morgan fingerprint density at radius 3 is 1.88 bits per heavy atom. The molecule has 0 spiro atoms. The molecule has 0 fully saturated rings. The molecule has 0 heterocycles. The van der Waals surface area contributed by atoms with Crippen LogP contribution in [-0.2, 0) is 21.0 Å². The zero-order chi connectivity index (χ0) is 24.9. The highest BCUT2D eigenvalue weighted by molar-refractivity contribution is 7.89. The van der Waals surface area contributed by atoms with E-state index in [1.807, 2.05) is 11.8 Å². The first-order valence-corrected chi connectivity index (χ1v) is 11.4. The number of amides is 1. The lowest BCUT2D eigenvalue weighted by atomic mass is 10.2. The van der Waals surface area contributed by atoms with Crippen LogP contribution >= 0.6 is 0 Å². The average molecular weight is 494 g/mol. The second kappa shape index (κ2) is 10.1. The van der Waals surface area contributed by atoms with Crippen LogP contribution in [-0.4, -0.2) is 20.4 Å². The average Bonchev–Trinajstić information content (AvgIpc) is 2.79. The smallest absolute Gasteiger partial charge is 0.416 e. The summed E-state index contributed by atoms with van der Waals surface area (Å²) in [6.07, 6.45) is -5.47. The first kappa shape index (κ1) is 25.1. The quantitative estimate of drug-likeness (QED) is 0.447. The van der Waals surface area contributed by atoms with Crippen molar-refractivity contribution in [2.75, 3.05) is 0 Å². The lowest BCUT2D eigenvalue weighted by Crippen LogP contribution is -2.47. The van der Waals surface area contributed by atoms with Crippen LogP contribution in [0.2, 0.25) is 0 Å². The highest BCUT2D eigenvalue weighted by Gasteiger charge is 2.30. The van der Waals surface area contributed by atoms with Gasteiger partial charge in [-0.3, -0.25) is 10.2 Å². The molecule has 1 unspecified atom stereocenters. The number of carbonyl (C=O) groups excluding carboxylic acids is 1. The van der Waals surface area contributed by atoms with Crippen LogP contribution in [0.4, 0.5) is 13.2 Å². The van der Waals surface area contributed by atoms with Crippen molar-refractivity contribution in [3.05, 3.63) is 83.9 Å². The molecule has 1 atom stereocenters. The van der Waals surface area contributed by atoms with Crippen LogP contribution in [0.3, 0.4) is 0 Å². The Bertz CT molecular complexity index is 1230. The molecule has 0 radical (unpaired) electrons. The molecule has 0 bridgehead atoms. The van der Waals surface area contributed by atoms with Crippen molar-refractivity contribution in [3.63, 3.8) is 0 Å². The van der Waals surface area contributed by atoms with Crippen LogP contribution in [0.15, 0.2) is 77.7 Å². The van der Waals surface area contributed by atoms with Gasteiger partial charge in [-0.25, -0.2) is 8.42 Å². The van der Waals surface area contributed by atoms with Gasteiger partial charge in [0.25, 0.3) is 15.9 Å². The van der Waals surface area contributed by atoms with E-state index in [1.54, 1.807) is 12.1 Å². The van der Waals surface area contributed by atoms with Crippen molar-refractivity contribution < 1.29 is 35.9 Å². The van der Waals surface area contributed by atoms with E-state index >= 15 is 0 Å². The van der Waals surface area contributed by atoms with E-state index < -0.39 is 33.8 Å². The molecule has 0 aromatic heterocycles. The van der Waals surface area contributed by atoms with Gasteiger partial charge in [-0.15, -0.1) is 4.83 Å². The molecule has 3 aromatic carbocycles. The monoisotopic (exact) mass is 494 g/mol. The van der Waals surface area contributed by atoms with Crippen LogP contribution in [0.1, 0.15) is 18.1 Å². The fourth-order valence-electron chi connectivity index (χ4n) is 2.69. The van der Waals surface area contributed by atoms with Gasteiger partial charge < -0.3 is 9.47 Å². The maximum atomic E-state index is 12.6. The predicted molar refractivity (Wildman–Crippen MR) is 118 cm³/mol. The lowest BCUT2D eigenvalue weighted by Gasteiger charge is -2.16. The van der Waals surface area contributed by atoms with Crippen molar-refractivity contribution in [1.29, 1.82) is 0 Å². The van der Waals surface area contributed by atoms with Crippen molar-refractivity contribution in [1.82, 2.24) is 10.3 Å². The Balaban J connectivity index is 1.53. The highest BCUT2D eigenvalue weighted by atomic mass is 32.2. The molecule has 3 aromatic rings. The fraction of sp³-hybridized carbons (Fsp3) is 0.174. The van der Waals surface area contributed by atoms with Crippen LogP contribution in [0.5, 0.6) is 17.2 Å². The SMILES string of the molecule is Cc1ccc(S(=O)(=O)NNC(=O)C(C)Oc2ccc(Oc3ccc(C(F)(F)F)cc3)cc2)cc1. The summed E-state index contributed by atoms with van der Waals surface area (Å²) < 4.78 is 73.4. The van der Waals surface area contributed by atoms with Gasteiger partial charge in [0, 0.05) is 0 Å². The van der Waals surface area contributed by atoms with E-state index in [9.17, 15) is 26.4 Å². The van der Waals surface area contributed by atoms with Gasteiger partial charge in [0.05, 0.1) is 10.5 Å². The van der Waals surface area contributed by atoms with E-state index in [0.29, 0.717) is 11.5 Å². The van der Waals surface area contributed by atoms with E-state index in [4.69, 9.17) is 9.47 Å². The van der Waals surface area contributed by atoms with Crippen molar-refractivity contribution in [2.24, 2.45) is 0 Å². The van der Waals surface area contributed by atoms with E-state index in [1.165, 1.54) is 55.5 Å². The predicted octanol–water partition coefficient (Wildman–Crippen LogP) is 4.58. The molecule has 34 heavy (non-hydrogen) atoms. The number of sulfonamides is 1. The molecular weight excluding hydrogens is 473 g/mol.